The van der Waals surface area contributed by atoms with Gasteiger partial charge in [-0.3, -0.25) is 24.5 Å². The molecule has 3 amide bonds. The Hall–Kier alpha value is -3.48. The van der Waals surface area contributed by atoms with Gasteiger partial charge in [0, 0.05) is 42.9 Å². The smallest absolute Gasteiger partial charge is 0.255 e. The number of benzene rings is 2. The summed E-state index contributed by atoms with van der Waals surface area (Å²) in [4.78, 5) is 51.4. The lowest BCUT2D eigenvalue weighted by Gasteiger charge is -2.34. The summed E-state index contributed by atoms with van der Waals surface area (Å²) in [5, 5.41) is 2.34. The van der Waals surface area contributed by atoms with E-state index in [1.165, 1.54) is 5.56 Å². The zero-order valence-electron chi connectivity index (χ0n) is 17.8. The van der Waals surface area contributed by atoms with E-state index in [0.717, 1.165) is 43.5 Å². The number of imide groups is 1. The monoisotopic (exact) mass is 431 g/mol. The van der Waals surface area contributed by atoms with E-state index in [-0.39, 0.29) is 24.1 Å². The van der Waals surface area contributed by atoms with Gasteiger partial charge in [0.2, 0.25) is 11.8 Å². The summed E-state index contributed by atoms with van der Waals surface area (Å²) < 4.78 is 0. The highest BCUT2D eigenvalue weighted by atomic mass is 16.2. The van der Waals surface area contributed by atoms with Crippen LogP contribution in [-0.4, -0.2) is 48.0 Å². The van der Waals surface area contributed by atoms with Crippen molar-refractivity contribution in [2.45, 2.75) is 44.2 Å². The molecule has 0 bridgehead atoms. The molecule has 0 aromatic heterocycles. The molecule has 5 rings (SSSR count). The maximum Gasteiger partial charge on any atom is 0.255 e. The third kappa shape index (κ3) is 3.68. The highest BCUT2D eigenvalue weighted by Gasteiger charge is 2.39. The van der Waals surface area contributed by atoms with Gasteiger partial charge in [-0.1, -0.05) is 24.3 Å². The van der Waals surface area contributed by atoms with Crippen LogP contribution in [0.5, 0.6) is 0 Å². The number of amides is 3. The fourth-order valence-electron chi connectivity index (χ4n) is 5.08. The van der Waals surface area contributed by atoms with Gasteiger partial charge in [-0.2, -0.15) is 0 Å². The maximum atomic E-state index is 12.9. The average molecular weight is 431 g/mol. The number of nitrogens with one attached hydrogen (secondary N) is 1. The van der Waals surface area contributed by atoms with Crippen molar-refractivity contribution in [3.63, 3.8) is 0 Å². The molecule has 1 N–H and O–H groups in total. The molecule has 0 spiro atoms. The van der Waals surface area contributed by atoms with Gasteiger partial charge in [-0.05, 0) is 54.5 Å². The SMILES string of the molecule is O=Cc1ccc(C2CCN(c3ccc4c(c3)CN(C3CCC(=O)NC3=O)C4=O)CC2)cc1. The second-order valence-corrected chi connectivity index (χ2v) is 8.79. The van der Waals surface area contributed by atoms with E-state index >= 15 is 0 Å². The lowest BCUT2D eigenvalue weighted by molar-refractivity contribution is -0.136. The summed E-state index contributed by atoms with van der Waals surface area (Å²) in [5.74, 6) is -0.323. The predicted molar refractivity (Wildman–Crippen MR) is 119 cm³/mol. The Labute approximate surface area is 186 Å². The van der Waals surface area contributed by atoms with Crippen LogP contribution in [0.1, 0.15) is 63.4 Å². The summed E-state index contributed by atoms with van der Waals surface area (Å²) in [7, 11) is 0. The van der Waals surface area contributed by atoms with Gasteiger partial charge >= 0.3 is 0 Å². The standard InChI is InChI=1S/C25H25N3O4/c29-15-16-1-3-17(4-2-16)18-9-11-27(12-10-18)20-5-6-21-19(13-20)14-28(25(21)32)22-7-8-23(30)26-24(22)31/h1-6,13,15,18,22H,7-12,14H2,(H,26,30,31). The minimum Gasteiger partial charge on any atom is -0.371 e. The number of nitrogens with zero attached hydrogens (tertiary/aromatic N) is 2. The first-order valence-corrected chi connectivity index (χ1v) is 11.1. The Morgan fingerprint density at radius 2 is 1.69 bits per heavy atom. The van der Waals surface area contributed by atoms with Crippen LogP contribution in [0.15, 0.2) is 42.5 Å². The van der Waals surface area contributed by atoms with Crippen LogP contribution in [0, 0.1) is 0 Å². The van der Waals surface area contributed by atoms with Crippen molar-refractivity contribution in [1.82, 2.24) is 10.2 Å². The number of hydrogen-bond donors (Lipinski definition) is 1. The largest absolute Gasteiger partial charge is 0.371 e. The van der Waals surface area contributed by atoms with E-state index in [9.17, 15) is 19.2 Å². The second kappa shape index (κ2) is 8.22. The average Bonchev–Trinajstić information content (AvgIpc) is 3.15. The Balaban J connectivity index is 1.26. The molecule has 0 saturated carbocycles. The Kier molecular flexibility index (Phi) is 5.25. The molecule has 2 saturated heterocycles. The summed E-state index contributed by atoms with van der Waals surface area (Å²) in [6.45, 7) is 2.24. The fraction of sp³-hybridized carbons (Fsp3) is 0.360. The number of rotatable bonds is 4. The first-order chi connectivity index (χ1) is 15.5. The second-order valence-electron chi connectivity index (χ2n) is 8.79. The quantitative estimate of drug-likeness (QED) is 0.594. The molecule has 32 heavy (non-hydrogen) atoms. The van der Waals surface area contributed by atoms with Gasteiger partial charge in [-0.25, -0.2) is 0 Å². The first kappa shape index (κ1) is 20.4. The number of fused-ring (bicyclic) bond motifs is 1. The van der Waals surface area contributed by atoms with E-state index in [2.05, 4.69) is 28.4 Å². The molecule has 164 valence electrons. The molecule has 1 atom stereocenters. The highest BCUT2D eigenvalue weighted by molar-refractivity contribution is 6.05. The summed E-state index contributed by atoms with van der Waals surface area (Å²) in [5.41, 5.74) is 4.64. The molecule has 2 aromatic rings. The molecule has 3 aliphatic heterocycles. The molecule has 0 radical (unpaired) electrons. The van der Waals surface area contributed by atoms with Gasteiger partial charge in [0.05, 0.1) is 0 Å². The van der Waals surface area contributed by atoms with Gasteiger partial charge in [0.25, 0.3) is 5.91 Å². The zero-order valence-corrected chi connectivity index (χ0v) is 17.8. The predicted octanol–water partition coefficient (Wildman–Crippen LogP) is 2.64. The van der Waals surface area contributed by atoms with Gasteiger partial charge in [0.15, 0.2) is 0 Å². The number of anilines is 1. The minimum atomic E-state index is -0.586. The van der Waals surface area contributed by atoms with Gasteiger partial charge in [0.1, 0.15) is 12.3 Å². The Morgan fingerprint density at radius 3 is 2.38 bits per heavy atom. The van der Waals surface area contributed by atoms with Crippen LogP contribution in [-0.2, 0) is 16.1 Å². The fourth-order valence-corrected chi connectivity index (χ4v) is 5.08. The van der Waals surface area contributed by atoms with Crippen molar-refractivity contribution in [2.75, 3.05) is 18.0 Å². The van der Waals surface area contributed by atoms with Crippen LogP contribution in [0.25, 0.3) is 0 Å². The number of aldehydes is 1. The first-order valence-electron chi connectivity index (χ1n) is 11.1. The third-order valence-corrected chi connectivity index (χ3v) is 6.91. The van der Waals surface area contributed by atoms with E-state index in [1.807, 2.05) is 24.3 Å². The Morgan fingerprint density at radius 1 is 0.938 bits per heavy atom. The van der Waals surface area contributed by atoms with E-state index in [1.54, 1.807) is 4.90 Å². The van der Waals surface area contributed by atoms with E-state index in [0.29, 0.717) is 30.0 Å². The van der Waals surface area contributed by atoms with Crippen LogP contribution in [0.2, 0.25) is 0 Å². The van der Waals surface area contributed by atoms with Crippen molar-refractivity contribution in [1.29, 1.82) is 0 Å². The van der Waals surface area contributed by atoms with E-state index in [4.69, 9.17) is 0 Å². The highest BCUT2D eigenvalue weighted by Crippen LogP contribution is 2.34. The number of carbonyl (C=O) groups is 4. The topological polar surface area (TPSA) is 86.8 Å². The van der Waals surface area contributed by atoms with Crippen LogP contribution < -0.4 is 10.2 Å². The van der Waals surface area contributed by atoms with Crippen molar-refractivity contribution in [3.8, 4) is 0 Å². The van der Waals surface area contributed by atoms with Crippen LogP contribution >= 0.6 is 0 Å². The van der Waals surface area contributed by atoms with Crippen molar-refractivity contribution in [2.24, 2.45) is 0 Å². The number of piperidine rings is 2. The third-order valence-electron chi connectivity index (χ3n) is 6.91. The summed E-state index contributed by atoms with van der Waals surface area (Å²) in [6, 6.07) is 13.2. The molecule has 2 aromatic carbocycles. The molecule has 1 unspecified atom stereocenters. The summed E-state index contributed by atoms with van der Waals surface area (Å²) in [6.07, 6.45) is 3.55. The summed E-state index contributed by atoms with van der Waals surface area (Å²) >= 11 is 0. The minimum absolute atomic E-state index is 0.140. The van der Waals surface area contributed by atoms with Gasteiger partial charge < -0.3 is 9.80 Å². The van der Waals surface area contributed by atoms with Crippen molar-refractivity contribution >= 4 is 29.7 Å². The Bertz CT molecular complexity index is 1090. The van der Waals surface area contributed by atoms with Crippen molar-refractivity contribution in [3.05, 3.63) is 64.7 Å². The molecular formula is C25H25N3O4. The maximum absolute atomic E-state index is 12.9. The normalized spacial score (nSPS) is 21.5. The van der Waals surface area contributed by atoms with Crippen LogP contribution in [0.4, 0.5) is 5.69 Å². The molecule has 0 aliphatic carbocycles. The molecule has 7 heteroatoms. The molecular weight excluding hydrogens is 406 g/mol. The van der Waals surface area contributed by atoms with Crippen molar-refractivity contribution < 1.29 is 19.2 Å². The number of carbonyl (C=O) groups excluding carboxylic acids is 4. The van der Waals surface area contributed by atoms with Gasteiger partial charge in [-0.15, -0.1) is 0 Å². The molecule has 3 heterocycles. The molecule has 3 aliphatic rings. The van der Waals surface area contributed by atoms with Crippen LogP contribution in [0.3, 0.4) is 0 Å². The van der Waals surface area contributed by atoms with E-state index < -0.39 is 6.04 Å². The lowest BCUT2D eigenvalue weighted by atomic mass is 9.89. The molecule has 2 fully saturated rings. The molecule has 7 nitrogen and oxygen atoms in total. The number of hydrogen-bond acceptors (Lipinski definition) is 5. The zero-order chi connectivity index (χ0) is 22.2. The lowest BCUT2D eigenvalue weighted by Crippen LogP contribution is -2.52.